The summed E-state index contributed by atoms with van der Waals surface area (Å²) < 4.78 is 43.2. The minimum atomic E-state index is -2.13. The second-order valence-electron chi connectivity index (χ2n) is 6.93. The van der Waals surface area contributed by atoms with E-state index in [0.717, 1.165) is 11.4 Å². The average molecular weight is 479 g/mol. The van der Waals surface area contributed by atoms with Gasteiger partial charge in [-0.15, -0.1) is 0 Å². The van der Waals surface area contributed by atoms with E-state index in [4.69, 9.17) is 0 Å². The van der Waals surface area contributed by atoms with Crippen molar-refractivity contribution in [3.8, 4) is 0 Å². The molecule has 0 amide bonds. The number of ketones is 2. The first-order chi connectivity index (χ1) is 15.3. The lowest BCUT2D eigenvalue weighted by Gasteiger charge is -2.24. The summed E-state index contributed by atoms with van der Waals surface area (Å²) in [6.07, 6.45) is 0. The number of hydrogen-bond acceptors (Lipinski definition) is 8. The summed E-state index contributed by atoms with van der Waals surface area (Å²) in [6.45, 7) is 5.69. The summed E-state index contributed by atoms with van der Waals surface area (Å²) in [6, 6.07) is 13.0. The van der Waals surface area contributed by atoms with Crippen molar-refractivity contribution in [1.29, 1.82) is 0 Å². The number of hydrogen-bond donors (Lipinski definition) is 0. The Morgan fingerprint density at radius 3 is 1.25 bits per heavy atom. The number of carbonyl (C=O) groups excluding carboxylic acids is 2. The first kappa shape index (κ1) is 25.9. The van der Waals surface area contributed by atoms with Gasteiger partial charge in [-0.2, -0.15) is 0 Å². The van der Waals surface area contributed by atoms with Gasteiger partial charge in [0.15, 0.2) is 0 Å². The van der Waals surface area contributed by atoms with Gasteiger partial charge in [0, 0.05) is 60.2 Å². The van der Waals surface area contributed by atoms with E-state index < -0.39 is 33.7 Å². The summed E-state index contributed by atoms with van der Waals surface area (Å²) in [5.74, 6) is -1.26. The largest absolute Gasteiger partial charge is 0.772 e. The summed E-state index contributed by atoms with van der Waals surface area (Å²) in [7, 11) is 0. The Balaban J connectivity index is 2.08. The van der Waals surface area contributed by atoms with Gasteiger partial charge in [-0.1, -0.05) is 22.2 Å². The van der Waals surface area contributed by atoms with Crippen LogP contribution in [0.15, 0.2) is 48.5 Å². The molecule has 0 aromatic heterocycles. The Bertz CT molecular complexity index is 884. The van der Waals surface area contributed by atoms with Gasteiger partial charge in [-0.25, -0.2) is 0 Å². The highest BCUT2D eigenvalue weighted by atomic mass is 32.2. The highest BCUT2D eigenvalue weighted by Gasteiger charge is 2.19. The molecule has 2 rings (SSSR count). The quantitative estimate of drug-likeness (QED) is 0.244. The van der Waals surface area contributed by atoms with E-state index in [0.29, 0.717) is 26.2 Å². The molecule has 174 valence electrons. The third-order valence-electron chi connectivity index (χ3n) is 5.01. The first-order valence-corrected chi connectivity index (χ1v) is 12.7. The van der Waals surface area contributed by atoms with E-state index in [1.165, 1.54) is 0 Å². The lowest BCUT2D eigenvalue weighted by Crippen LogP contribution is -2.27. The van der Waals surface area contributed by atoms with Gasteiger partial charge < -0.3 is 18.9 Å². The molecule has 0 N–H and O–H groups in total. The van der Waals surface area contributed by atoms with Gasteiger partial charge in [0.25, 0.3) is 0 Å². The molecule has 2 atom stereocenters. The van der Waals surface area contributed by atoms with Crippen molar-refractivity contribution in [2.24, 2.45) is 0 Å². The molecule has 0 saturated carbocycles. The summed E-state index contributed by atoms with van der Waals surface area (Å²) >= 11 is -4.26. The number of anilines is 2. The van der Waals surface area contributed by atoms with Crippen molar-refractivity contribution < 1.29 is 27.1 Å². The van der Waals surface area contributed by atoms with Crippen LogP contribution in [0.2, 0.25) is 0 Å². The van der Waals surface area contributed by atoms with Crippen LogP contribution in [0.5, 0.6) is 0 Å². The van der Waals surface area contributed by atoms with Crippen molar-refractivity contribution in [1.82, 2.24) is 0 Å². The van der Waals surface area contributed by atoms with Crippen LogP contribution in [-0.2, 0) is 22.2 Å². The van der Waals surface area contributed by atoms with Crippen LogP contribution in [0.4, 0.5) is 11.4 Å². The fourth-order valence-corrected chi connectivity index (χ4v) is 3.96. The summed E-state index contributed by atoms with van der Waals surface area (Å²) in [4.78, 5) is 29.0. The lowest BCUT2D eigenvalue weighted by atomic mass is 10.0. The van der Waals surface area contributed by atoms with Crippen molar-refractivity contribution in [2.75, 3.05) is 47.5 Å². The maximum atomic E-state index is 12.6. The van der Waals surface area contributed by atoms with E-state index in [1.54, 1.807) is 48.5 Å². The molecule has 0 radical (unpaired) electrons. The monoisotopic (exact) mass is 478 g/mol. The molecule has 0 bridgehead atoms. The Kier molecular flexibility index (Phi) is 10.2. The zero-order chi connectivity index (χ0) is 23.7. The third-order valence-corrected chi connectivity index (χ3v) is 6.05. The third kappa shape index (κ3) is 7.33. The lowest BCUT2D eigenvalue weighted by molar-refractivity contribution is 0.0817. The predicted molar refractivity (Wildman–Crippen MR) is 125 cm³/mol. The van der Waals surface area contributed by atoms with Crippen molar-refractivity contribution >= 4 is 45.1 Å². The molecule has 32 heavy (non-hydrogen) atoms. The zero-order valence-corrected chi connectivity index (χ0v) is 19.7. The highest BCUT2D eigenvalue weighted by molar-refractivity contribution is 7.79. The van der Waals surface area contributed by atoms with Gasteiger partial charge >= 0.3 is 0 Å². The van der Waals surface area contributed by atoms with Gasteiger partial charge in [0.2, 0.25) is 11.6 Å². The fraction of sp³-hybridized carbons (Fsp3) is 0.364. The topological polar surface area (TPSA) is 121 Å². The summed E-state index contributed by atoms with van der Waals surface area (Å²) in [5.41, 5.74) is 2.04. The molecule has 8 nitrogen and oxygen atoms in total. The summed E-state index contributed by atoms with van der Waals surface area (Å²) in [5, 5.41) is 0. The molecule has 0 fully saturated rings. The van der Waals surface area contributed by atoms with Crippen LogP contribution in [0.3, 0.4) is 0 Å². The number of benzene rings is 2. The maximum absolute atomic E-state index is 12.6. The molecule has 0 aliphatic rings. The van der Waals surface area contributed by atoms with Crippen LogP contribution in [-0.4, -0.2) is 66.8 Å². The second kappa shape index (κ2) is 12.6. The minimum absolute atomic E-state index is 0.00715. The molecule has 2 unspecified atom stereocenters. The van der Waals surface area contributed by atoms with Gasteiger partial charge in [0.1, 0.15) is 0 Å². The Labute approximate surface area is 193 Å². The van der Waals surface area contributed by atoms with Crippen LogP contribution >= 0.6 is 0 Å². The Morgan fingerprint density at radius 2 is 1.00 bits per heavy atom. The van der Waals surface area contributed by atoms with E-state index in [1.807, 2.05) is 23.6 Å². The first-order valence-electron chi connectivity index (χ1n) is 10.2. The number of Topliss-reactive ketones (excluding diaryl/α,β-unsaturated/α-hetero) is 2. The molecular formula is C22H26N2O6S2-2. The van der Waals surface area contributed by atoms with Gasteiger partial charge in [-0.05, 0) is 62.4 Å². The van der Waals surface area contributed by atoms with Crippen LogP contribution in [0, 0.1) is 0 Å². The van der Waals surface area contributed by atoms with Crippen LogP contribution < -0.4 is 9.80 Å². The fourth-order valence-electron chi connectivity index (χ4n) is 3.22. The second-order valence-corrected chi connectivity index (χ2v) is 8.96. The minimum Gasteiger partial charge on any atom is -0.772 e. The molecule has 0 spiro atoms. The van der Waals surface area contributed by atoms with E-state index in [-0.39, 0.29) is 22.6 Å². The molecule has 0 heterocycles. The highest BCUT2D eigenvalue weighted by Crippen LogP contribution is 2.19. The molecule has 10 heteroatoms. The van der Waals surface area contributed by atoms with Gasteiger partial charge in [0.05, 0.1) is 0 Å². The predicted octanol–water partition coefficient (Wildman–Crippen LogP) is 2.16. The normalized spacial score (nSPS) is 12.8. The van der Waals surface area contributed by atoms with Crippen LogP contribution in [0.25, 0.3) is 0 Å². The van der Waals surface area contributed by atoms with Crippen molar-refractivity contribution in [3.05, 3.63) is 59.7 Å². The number of carbonyl (C=O) groups is 2. The molecule has 0 aliphatic carbocycles. The van der Waals surface area contributed by atoms with Crippen LogP contribution in [0.1, 0.15) is 34.6 Å². The SMILES string of the molecule is CCN(CCS(=O)[O-])c1ccc(C(=O)C(=O)c2ccc(N(CC)CCS(=O)[O-])cc2)cc1. The molecule has 2 aromatic rings. The van der Waals surface area contributed by atoms with Crippen molar-refractivity contribution in [3.63, 3.8) is 0 Å². The average Bonchev–Trinajstić information content (AvgIpc) is 2.79. The standard InChI is InChI=1S/C22H28N2O6S2/c1-3-23(13-15-31(27)28)19-9-5-17(6-10-19)21(25)22(26)18-7-11-20(12-8-18)24(4-2)14-16-32(29)30/h5-12H,3-4,13-16H2,1-2H3,(H,27,28)(H,29,30)/p-2. The Morgan fingerprint density at radius 1 is 0.688 bits per heavy atom. The van der Waals surface area contributed by atoms with E-state index in [9.17, 15) is 27.1 Å². The van der Waals surface area contributed by atoms with E-state index in [2.05, 4.69) is 0 Å². The van der Waals surface area contributed by atoms with E-state index >= 15 is 0 Å². The molecule has 0 saturated heterocycles. The zero-order valence-electron chi connectivity index (χ0n) is 18.0. The molecular weight excluding hydrogens is 452 g/mol. The Hall–Kier alpha value is -2.40. The number of nitrogens with zero attached hydrogens (tertiary/aromatic N) is 2. The number of rotatable bonds is 13. The molecule has 2 aromatic carbocycles. The van der Waals surface area contributed by atoms with Crippen molar-refractivity contribution in [2.45, 2.75) is 13.8 Å². The smallest absolute Gasteiger partial charge is 0.233 e. The maximum Gasteiger partial charge on any atom is 0.233 e. The molecule has 0 aliphatic heterocycles. The van der Waals surface area contributed by atoms with Gasteiger partial charge in [-0.3, -0.25) is 18.0 Å².